The molecule has 4 rings (SSSR count). The number of nitrogens with one attached hydrogen (secondary N) is 4. The lowest BCUT2D eigenvalue weighted by Crippen LogP contribution is -2.53. The van der Waals surface area contributed by atoms with Crippen LogP contribution in [0.1, 0.15) is 37.3 Å². The number of carboxylic acid groups (broad SMARTS) is 2. The van der Waals surface area contributed by atoms with Crippen LogP contribution in [-0.2, 0) is 37.4 Å². The van der Waals surface area contributed by atoms with Crippen molar-refractivity contribution < 1.29 is 33.0 Å². The summed E-state index contributed by atoms with van der Waals surface area (Å²) in [5, 5.41) is 25.0. The van der Waals surface area contributed by atoms with E-state index in [0.717, 1.165) is 5.56 Å². The monoisotopic (exact) mass is 707 g/mol. The smallest absolute Gasteiger partial charge is 0.326 e. The van der Waals surface area contributed by atoms with E-state index < -0.39 is 57.0 Å². The van der Waals surface area contributed by atoms with Crippen LogP contribution in [0.3, 0.4) is 0 Å². The van der Waals surface area contributed by atoms with Gasteiger partial charge in [-0.1, -0.05) is 35.9 Å². The van der Waals surface area contributed by atoms with E-state index in [-0.39, 0.29) is 22.9 Å². The molecule has 4 atom stereocenters. The van der Waals surface area contributed by atoms with Crippen molar-refractivity contribution in [3.8, 4) is 0 Å². The van der Waals surface area contributed by atoms with Crippen LogP contribution in [0.25, 0.3) is 0 Å². The van der Waals surface area contributed by atoms with Crippen LogP contribution in [0, 0.1) is 0 Å². The zero-order valence-electron chi connectivity index (χ0n) is 23.4. The van der Waals surface area contributed by atoms with Gasteiger partial charge < -0.3 is 20.4 Å². The fourth-order valence-electron chi connectivity index (χ4n) is 4.95. The maximum Gasteiger partial charge on any atom is 0.326 e. The fraction of sp³-hybridized carbons (Fsp3) is 0.444. The van der Waals surface area contributed by atoms with Crippen molar-refractivity contribution >= 4 is 80.3 Å². The second-order valence-corrected chi connectivity index (χ2v) is 14.6. The maximum absolute atomic E-state index is 13.1. The van der Waals surface area contributed by atoms with Gasteiger partial charge in [-0.3, -0.25) is 14.9 Å². The molecular weight excluding hydrogens is 677 g/mol. The Bertz CT molecular complexity index is 1500. The summed E-state index contributed by atoms with van der Waals surface area (Å²) in [6.45, 7) is 1.84. The van der Waals surface area contributed by atoms with E-state index >= 15 is 0 Å². The molecule has 2 heterocycles. The quantitative estimate of drug-likeness (QED) is 0.133. The molecule has 1 amide bonds. The van der Waals surface area contributed by atoms with Crippen LogP contribution in [-0.4, -0.2) is 77.0 Å². The van der Waals surface area contributed by atoms with Gasteiger partial charge >= 0.3 is 11.9 Å². The number of carbonyl (C=O) groups excluding carboxylic acids is 1. The number of benzene rings is 2. The van der Waals surface area contributed by atoms with E-state index in [1.807, 2.05) is 0 Å². The van der Waals surface area contributed by atoms with Gasteiger partial charge in [0.2, 0.25) is 15.9 Å². The molecular formula is C27H32Cl3N5O7S2. The Morgan fingerprint density at radius 2 is 1.82 bits per heavy atom. The van der Waals surface area contributed by atoms with Crippen LogP contribution < -0.4 is 20.1 Å². The number of rotatable bonds is 13. The number of halogens is 3. The minimum absolute atomic E-state index is 0.00527. The molecule has 240 valence electrons. The Hall–Kier alpha value is -2.30. The number of amides is 1. The number of sulfonamides is 1. The number of carbonyl (C=O) groups is 3. The van der Waals surface area contributed by atoms with Gasteiger partial charge in [0.25, 0.3) is 0 Å². The number of anilines is 1. The van der Waals surface area contributed by atoms with Gasteiger partial charge in [0, 0.05) is 18.0 Å². The third-order valence-corrected chi connectivity index (χ3v) is 10.6. The summed E-state index contributed by atoms with van der Waals surface area (Å²) in [7, 11) is -3.97. The largest absolute Gasteiger partial charge is 0.480 e. The lowest BCUT2D eigenvalue weighted by Gasteiger charge is -2.28. The number of hydrogen-bond acceptors (Lipinski definition) is 9. The summed E-state index contributed by atoms with van der Waals surface area (Å²) in [5.41, 5.74) is 2.09. The summed E-state index contributed by atoms with van der Waals surface area (Å²) in [6, 6.07) is 7.18. The lowest BCUT2D eigenvalue weighted by atomic mass is 10.0. The number of nitrogens with zero attached hydrogens (tertiary/aromatic N) is 1. The van der Waals surface area contributed by atoms with Crippen molar-refractivity contribution in [3.63, 3.8) is 0 Å². The third-order valence-electron chi connectivity index (χ3n) is 7.33. The fourth-order valence-corrected chi connectivity index (χ4v) is 7.85. The Balaban J connectivity index is 1.31. The normalized spacial score (nSPS) is 19.7. The molecule has 2 aromatic carbocycles. The second kappa shape index (κ2) is 14.9. The molecule has 1 saturated heterocycles. The number of hydrogen-bond donors (Lipinski definition) is 6. The van der Waals surface area contributed by atoms with Crippen molar-refractivity contribution in [2.75, 3.05) is 11.9 Å². The summed E-state index contributed by atoms with van der Waals surface area (Å²) >= 11 is 19.3. The summed E-state index contributed by atoms with van der Waals surface area (Å²) in [6.07, 6.45) is 1.06. The molecule has 1 unspecified atom stereocenters. The predicted octanol–water partition coefficient (Wildman–Crippen LogP) is 3.41. The second-order valence-electron chi connectivity index (χ2n) is 10.4. The molecule has 1 fully saturated rings. The van der Waals surface area contributed by atoms with Crippen LogP contribution in [0.2, 0.25) is 5.02 Å². The van der Waals surface area contributed by atoms with Crippen LogP contribution in [0.5, 0.6) is 0 Å². The number of carboxylic acids is 2. The predicted molar refractivity (Wildman–Crippen MR) is 169 cm³/mol. The highest BCUT2D eigenvalue weighted by molar-refractivity contribution is 7.97. The summed E-state index contributed by atoms with van der Waals surface area (Å²) < 4.78 is 31.7. The molecule has 0 saturated carbocycles. The number of alkyl halides is 2. The number of aryl methyl sites for hydroxylation is 1. The molecule has 0 radical (unpaired) electrons. The maximum atomic E-state index is 13.1. The third kappa shape index (κ3) is 8.49. The minimum atomic E-state index is -3.97. The van der Waals surface area contributed by atoms with Crippen molar-refractivity contribution in [1.82, 2.24) is 19.7 Å². The number of fused-ring (bicyclic) bond motifs is 1. The minimum Gasteiger partial charge on any atom is -0.480 e. The van der Waals surface area contributed by atoms with Crippen LogP contribution in [0.15, 0.2) is 46.2 Å². The zero-order chi connectivity index (χ0) is 32.2. The van der Waals surface area contributed by atoms with Gasteiger partial charge in [-0.15, -0.1) is 23.2 Å². The first-order valence-corrected chi connectivity index (χ1v) is 17.2. The van der Waals surface area contributed by atoms with E-state index in [2.05, 4.69) is 20.1 Å². The molecule has 12 nitrogen and oxygen atoms in total. The van der Waals surface area contributed by atoms with E-state index in [1.54, 1.807) is 24.3 Å². The van der Waals surface area contributed by atoms with Gasteiger partial charge in [0.05, 0.1) is 16.8 Å². The van der Waals surface area contributed by atoms with Gasteiger partial charge in [-0.05, 0) is 67.8 Å². The topological polar surface area (TPSA) is 177 Å². The molecule has 17 heteroatoms. The molecule has 0 aromatic heterocycles. The van der Waals surface area contributed by atoms with Crippen molar-refractivity contribution in [2.45, 2.75) is 78.1 Å². The molecule has 2 aliphatic rings. The SMILES string of the molecule is C[C@H](N[C@@H](CCc1ccc(CNS(=O)(=O)c2cc3c(cc2Cl)NC(C(Cl)Cl)NS3)cc1)C(=O)O)C(=O)N1CCC[C@H]1C(=O)O. The van der Waals surface area contributed by atoms with Crippen molar-refractivity contribution in [1.29, 1.82) is 0 Å². The van der Waals surface area contributed by atoms with E-state index in [4.69, 9.17) is 34.8 Å². The van der Waals surface area contributed by atoms with Crippen LogP contribution in [0.4, 0.5) is 5.69 Å². The first-order chi connectivity index (χ1) is 20.8. The Morgan fingerprint density at radius 1 is 1.14 bits per heavy atom. The zero-order valence-corrected chi connectivity index (χ0v) is 27.3. The first kappa shape index (κ1) is 34.6. The molecule has 0 bridgehead atoms. The van der Waals surface area contributed by atoms with E-state index in [9.17, 15) is 33.0 Å². The lowest BCUT2D eigenvalue weighted by molar-refractivity contribution is -0.149. The van der Waals surface area contributed by atoms with E-state index in [1.165, 1.54) is 35.9 Å². The van der Waals surface area contributed by atoms with E-state index in [0.29, 0.717) is 42.0 Å². The standard InChI is InChI=1S/C27H32Cl3N5O7S2/c1-14(25(36)35-10-2-3-20(35)27(39)40)32-18(26(37)38)9-8-15-4-6-16(7-5-15)13-31-44(41,42)22-12-21-19(11-17(22)28)33-24(23(29)30)34-43-21/h4-7,11-12,14,18,20,23-24,31-34H,2-3,8-10,13H2,1H3,(H,37,38)(H,39,40)/t14-,18-,20-,24?/m0/s1. The van der Waals surface area contributed by atoms with Gasteiger partial charge in [-0.25, -0.2) is 22.7 Å². The van der Waals surface area contributed by atoms with Gasteiger partial charge in [-0.2, -0.15) is 0 Å². The summed E-state index contributed by atoms with van der Waals surface area (Å²) in [4.78, 5) is 37.2. The first-order valence-electron chi connectivity index (χ1n) is 13.7. The molecule has 6 N–H and O–H groups in total. The molecule has 0 aliphatic carbocycles. The molecule has 0 spiro atoms. The van der Waals surface area contributed by atoms with Gasteiger partial charge in [0.1, 0.15) is 28.0 Å². The average Bonchev–Trinajstić information content (AvgIpc) is 3.48. The molecule has 44 heavy (non-hydrogen) atoms. The Kier molecular flexibility index (Phi) is 11.7. The molecule has 2 aromatic rings. The highest BCUT2D eigenvalue weighted by Crippen LogP contribution is 2.37. The highest BCUT2D eigenvalue weighted by atomic mass is 35.5. The van der Waals surface area contributed by atoms with Crippen LogP contribution >= 0.6 is 46.8 Å². The van der Waals surface area contributed by atoms with Crippen molar-refractivity contribution in [2.24, 2.45) is 0 Å². The summed E-state index contributed by atoms with van der Waals surface area (Å²) in [5.74, 6) is -2.64. The average molecular weight is 709 g/mol. The number of aliphatic carboxylic acids is 2. The highest BCUT2D eigenvalue weighted by Gasteiger charge is 2.37. The van der Waals surface area contributed by atoms with Crippen molar-refractivity contribution in [3.05, 3.63) is 52.5 Å². The Morgan fingerprint density at radius 3 is 2.45 bits per heavy atom. The Labute approximate surface area is 274 Å². The van der Waals surface area contributed by atoms with Gasteiger partial charge in [0.15, 0.2) is 0 Å². The molecule has 2 aliphatic heterocycles. The number of likely N-dealkylation sites (tertiary alicyclic amines) is 1.